The molecule has 0 aliphatic rings. The van der Waals surface area contributed by atoms with Gasteiger partial charge in [-0.15, -0.1) is 0 Å². The fourth-order valence-electron chi connectivity index (χ4n) is 1.79. The fraction of sp³-hybridized carbons (Fsp3) is 0.250. The Morgan fingerprint density at radius 2 is 2.00 bits per heavy atom. The van der Waals surface area contributed by atoms with Gasteiger partial charge in [-0.3, -0.25) is 4.79 Å². The molecule has 0 aliphatic carbocycles. The van der Waals surface area contributed by atoms with Crippen LogP contribution in [0.15, 0.2) is 12.1 Å². The topological polar surface area (TPSA) is 51.3 Å². The van der Waals surface area contributed by atoms with Crippen LogP contribution in [0.1, 0.15) is 16.1 Å². The third-order valence-corrected chi connectivity index (χ3v) is 2.72. The number of fused-ring (bicyclic) bond motifs is 1. The van der Waals surface area contributed by atoms with Crippen molar-refractivity contribution in [2.75, 3.05) is 14.2 Å². The van der Waals surface area contributed by atoms with Gasteiger partial charge in [0, 0.05) is 11.5 Å². The minimum absolute atomic E-state index is 0.571. The second kappa shape index (κ2) is 3.89. The number of aromatic amines is 1. The Balaban J connectivity index is 2.81. The molecule has 16 heavy (non-hydrogen) atoms. The highest BCUT2D eigenvalue weighted by molar-refractivity contribution is 5.96. The second-order valence-corrected chi connectivity index (χ2v) is 3.53. The van der Waals surface area contributed by atoms with Crippen LogP contribution in [0.4, 0.5) is 0 Å². The Bertz CT molecular complexity index is 543. The summed E-state index contributed by atoms with van der Waals surface area (Å²) in [5.41, 5.74) is 2.30. The van der Waals surface area contributed by atoms with Crippen molar-refractivity contribution in [1.82, 2.24) is 4.98 Å². The average molecular weight is 219 g/mol. The molecule has 1 N–H and O–H groups in total. The highest BCUT2D eigenvalue weighted by Crippen LogP contribution is 2.33. The Hall–Kier alpha value is -1.97. The van der Waals surface area contributed by atoms with E-state index in [0.29, 0.717) is 17.2 Å². The summed E-state index contributed by atoms with van der Waals surface area (Å²) in [6.07, 6.45) is 0.807. The molecule has 1 aromatic heterocycles. The monoisotopic (exact) mass is 219 g/mol. The molecule has 0 atom stereocenters. The molecule has 0 saturated heterocycles. The summed E-state index contributed by atoms with van der Waals surface area (Å²) in [6, 6.07) is 3.67. The van der Waals surface area contributed by atoms with Crippen molar-refractivity contribution in [3.8, 4) is 11.5 Å². The summed E-state index contributed by atoms with van der Waals surface area (Å²) in [6.45, 7) is 1.89. The van der Waals surface area contributed by atoms with Crippen LogP contribution in [-0.2, 0) is 0 Å². The number of hydrogen-bond acceptors (Lipinski definition) is 3. The molecule has 4 nitrogen and oxygen atoms in total. The fourth-order valence-corrected chi connectivity index (χ4v) is 1.79. The van der Waals surface area contributed by atoms with E-state index < -0.39 is 0 Å². The second-order valence-electron chi connectivity index (χ2n) is 3.53. The molecule has 0 amide bonds. The van der Waals surface area contributed by atoms with Crippen LogP contribution in [0.2, 0.25) is 0 Å². The van der Waals surface area contributed by atoms with Crippen molar-refractivity contribution in [2.24, 2.45) is 0 Å². The summed E-state index contributed by atoms with van der Waals surface area (Å²) in [5.74, 6) is 1.38. The zero-order valence-corrected chi connectivity index (χ0v) is 9.46. The van der Waals surface area contributed by atoms with E-state index >= 15 is 0 Å². The van der Waals surface area contributed by atoms with Gasteiger partial charge in [-0.05, 0) is 18.6 Å². The number of aryl methyl sites for hydroxylation is 1. The van der Waals surface area contributed by atoms with Crippen LogP contribution in [0.5, 0.6) is 11.5 Å². The molecule has 0 radical (unpaired) electrons. The van der Waals surface area contributed by atoms with Gasteiger partial charge in [0.25, 0.3) is 0 Å². The lowest BCUT2D eigenvalue weighted by Gasteiger charge is -2.05. The SMILES string of the molecule is COc1cc(OC)c2[nH]c(C=O)c(C)c2c1. The number of ether oxygens (including phenoxy) is 2. The number of H-pyrrole nitrogens is 1. The maximum atomic E-state index is 10.8. The molecule has 0 bridgehead atoms. The van der Waals surface area contributed by atoms with Gasteiger partial charge in [-0.2, -0.15) is 0 Å². The van der Waals surface area contributed by atoms with Gasteiger partial charge in [0.05, 0.1) is 25.4 Å². The maximum absolute atomic E-state index is 10.8. The lowest BCUT2D eigenvalue weighted by atomic mass is 10.1. The summed E-state index contributed by atoms with van der Waals surface area (Å²) < 4.78 is 10.4. The van der Waals surface area contributed by atoms with Gasteiger partial charge in [-0.25, -0.2) is 0 Å². The van der Waals surface area contributed by atoms with Crippen LogP contribution in [-0.4, -0.2) is 25.5 Å². The first-order chi connectivity index (χ1) is 7.71. The number of aldehydes is 1. The zero-order valence-electron chi connectivity index (χ0n) is 9.46. The van der Waals surface area contributed by atoms with Gasteiger partial charge >= 0.3 is 0 Å². The quantitative estimate of drug-likeness (QED) is 0.806. The van der Waals surface area contributed by atoms with Crippen molar-refractivity contribution in [3.05, 3.63) is 23.4 Å². The normalized spacial score (nSPS) is 10.4. The lowest BCUT2D eigenvalue weighted by molar-refractivity contribution is 0.111. The number of carbonyl (C=O) groups is 1. The number of rotatable bonds is 3. The molecule has 2 aromatic rings. The van der Waals surface area contributed by atoms with Crippen LogP contribution in [0.3, 0.4) is 0 Å². The van der Waals surface area contributed by atoms with Crippen molar-refractivity contribution in [2.45, 2.75) is 6.92 Å². The average Bonchev–Trinajstić information content (AvgIpc) is 2.65. The Morgan fingerprint density at radius 1 is 1.25 bits per heavy atom. The number of nitrogens with one attached hydrogen (secondary N) is 1. The third kappa shape index (κ3) is 1.43. The first-order valence-corrected chi connectivity index (χ1v) is 4.90. The number of hydrogen-bond donors (Lipinski definition) is 1. The molecule has 84 valence electrons. The summed E-state index contributed by atoms with van der Waals surface area (Å²) in [7, 11) is 3.19. The minimum atomic E-state index is 0.571. The van der Waals surface area contributed by atoms with Gasteiger partial charge in [0.15, 0.2) is 6.29 Å². The van der Waals surface area contributed by atoms with E-state index in [4.69, 9.17) is 9.47 Å². The van der Waals surface area contributed by atoms with E-state index in [-0.39, 0.29) is 0 Å². The smallest absolute Gasteiger partial charge is 0.166 e. The first kappa shape index (κ1) is 10.5. The summed E-state index contributed by atoms with van der Waals surface area (Å²) in [5, 5.41) is 0.943. The van der Waals surface area contributed by atoms with Crippen LogP contribution < -0.4 is 9.47 Å². The first-order valence-electron chi connectivity index (χ1n) is 4.90. The van der Waals surface area contributed by atoms with E-state index in [2.05, 4.69) is 4.98 Å². The Morgan fingerprint density at radius 3 is 2.56 bits per heavy atom. The number of benzene rings is 1. The molecule has 0 spiro atoms. The molecule has 0 unspecified atom stereocenters. The van der Waals surface area contributed by atoms with E-state index in [0.717, 1.165) is 22.8 Å². The van der Waals surface area contributed by atoms with E-state index in [1.165, 1.54) is 0 Å². The van der Waals surface area contributed by atoms with Gasteiger partial charge in [0.1, 0.15) is 11.5 Å². The van der Waals surface area contributed by atoms with Crippen molar-refractivity contribution in [1.29, 1.82) is 0 Å². The van der Waals surface area contributed by atoms with E-state index in [1.54, 1.807) is 20.3 Å². The maximum Gasteiger partial charge on any atom is 0.166 e. The van der Waals surface area contributed by atoms with Gasteiger partial charge < -0.3 is 14.5 Å². The van der Waals surface area contributed by atoms with Crippen LogP contribution >= 0.6 is 0 Å². The van der Waals surface area contributed by atoms with E-state index in [1.807, 2.05) is 13.0 Å². The number of aromatic nitrogens is 1. The predicted octanol–water partition coefficient (Wildman–Crippen LogP) is 2.31. The van der Waals surface area contributed by atoms with Gasteiger partial charge in [-0.1, -0.05) is 0 Å². The minimum Gasteiger partial charge on any atom is -0.497 e. The van der Waals surface area contributed by atoms with E-state index in [9.17, 15) is 4.79 Å². The molecule has 0 aliphatic heterocycles. The zero-order chi connectivity index (χ0) is 11.7. The van der Waals surface area contributed by atoms with Gasteiger partial charge in [0.2, 0.25) is 0 Å². The third-order valence-electron chi connectivity index (χ3n) is 2.72. The standard InChI is InChI=1S/C12H13NO3/c1-7-9-4-8(15-2)5-11(16-3)12(9)13-10(7)6-14/h4-6,13H,1-3H3. The Labute approximate surface area is 93.2 Å². The molecule has 4 heteroatoms. The molecule has 0 fully saturated rings. The highest BCUT2D eigenvalue weighted by atomic mass is 16.5. The lowest BCUT2D eigenvalue weighted by Crippen LogP contribution is -1.88. The van der Waals surface area contributed by atoms with Crippen LogP contribution in [0.25, 0.3) is 10.9 Å². The summed E-state index contributed by atoms with van der Waals surface area (Å²) >= 11 is 0. The molecule has 1 aromatic carbocycles. The highest BCUT2D eigenvalue weighted by Gasteiger charge is 2.12. The number of methoxy groups -OCH3 is 2. The summed E-state index contributed by atoms with van der Waals surface area (Å²) in [4.78, 5) is 13.9. The molecular formula is C12H13NO3. The largest absolute Gasteiger partial charge is 0.497 e. The molecule has 2 rings (SSSR count). The number of carbonyl (C=O) groups excluding carboxylic acids is 1. The van der Waals surface area contributed by atoms with Crippen molar-refractivity contribution >= 4 is 17.2 Å². The van der Waals surface area contributed by atoms with Crippen LogP contribution in [0, 0.1) is 6.92 Å². The Kier molecular flexibility index (Phi) is 2.56. The molecule has 1 heterocycles. The predicted molar refractivity (Wildman–Crippen MR) is 61.5 cm³/mol. The van der Waals surface area contributed by atoms with Crippen molar-refractivity contribution in [3.63, 3.8) is 0 Å². The molecular weight excluding hydrogens is 206 g/mol. The molecule has 0 saturated carbocycles. The van der Waals surface area contributed by atoms with Crippen molar-refractivity contribution < 1.29 is 14.3 Å².